The minimum absolute atomic E-state index is 0.0835. The van der Waals surface area contributed by atoms with Gasteiger partial charge >= 0.3 is 0 Å². The van der Waals surface area contributed by atoms with E-state index in [1.54, 1.807) is 17.5 Å². The van der Waals surface area contributed by atoms with E-state index in [-0.39, 0.29) is 5.56 Å². The van der Waals surface area contributed by atoms with Crippen LogP contribution >= 0.6 is 27.3 Å². The Morgan fingerprint density at radius 3 is 2.95 bits per heavy atom. The molecule has 1 N–H and O–H groups in total. The highest BCUT2D eigenvalue weighted by Crippen LogP contribution is 2.17. The SMILES string of the molecule is CC(C)Cn1ncc(NCCc2cccs2)c(Br)c1=O. The highest BCUT2D eigenvalue weighted by Gasteiger charge is 2.09. The third-order valence-electron chi connectivity index (χ3n) is 2.79. The molecule has 0 unspecified atom stereocenters. The molecule has 0 radical (unpaired) electrons. The summed E-state index contributed by atoms with van der Waals surface area (Å²) < 4.78 is 2.05. The molecular formula is C14H18BrN3OS. The van der Waals surface area contributed by atoms with Crippen molar-refractivity contribution in [3.63, 3.8) is 0 Å². The molecule has 20 heavy (non-hydrogen) atoms. The number of nitrogens with one attached hydrogen (secondary N) is 1. The van der Waals surface area contributed by atoms with Gasteiger partial charge in [-0.05, 0) is 39.7 Å². The molecule has 2 aromatic heterocycles. The topological polar surface area (TPSA) is 46.9 Å². The van der Waals surface area contributed by atoms with Gasteiger partial charge in [-0.15, -0.1) is 11.3 Å². The lowest BCUT2D eigenvalue weighted by atomic mass is 10.2. The van der Waals surface area contributed by atoms with Gasteiger partial charge in [0.15, 0.2) is 0 Å². The fourth-order valence-electron chi connectivity index (χ4n) is 1.84. The molecule has 0 saturated heterocycles. The van der Waals surface area contributed by atoms with E-state index in [1.807, 2.05) is 6.07 Å². The Hall–Kier alpha value is -1.14. The standard InChI is InChI=1S/C14H18BrN3OS/c1-10(2)9-18-14(19)13(15)12(8-17-18)16-6-5-11-4-3-7-20-11/h3-4,7-8,10,16H,5-6,9H2,1-2H3. The molecule has 0 atom stereocenters. The zero-order valence-corrected chi connectivity index (χ0v) is 14.0. The Kier molecular flexibility index (Phi) is 5.37. The van der Waals surface area contributed by atoms with Crippen LogP contribution in [0.15, 0.2) is 33.0 Å². The summed E-state index contributed by atoms with van der Waals surface area (Å²) in [6, 6.07) is 4.16. The van der Waals surface area contributed by atoms with Crippen LogP contribution < -0.4 is 10.9 Å². The summed E-state index contributed by atoms with van der Waals surface area (Å²) in [5, 5.41) is 9.54. The van der Waals surface area contributed by atoms with Gasteiger partial charge in [-0.3, -0.25) is 4.79 Å². The summed E-state index contributed by atoms with van der Waals surface area (Å²) in [4.78, 5) is 13.5. The minimum Gasteiger partial charge on any atom is -0.382 e. The molecule has 0 bridgehead atoms. The molecule has 0 aliphatic carbocycles. The van der Waals surface area contributed by atoms with Crippen LogP contribution in [0.5, 0.6) is 0 Å². The summed E-state index contributed by atoms with van der Waals surface area (Å²) in [6.07, 6.45) is 2.65. The van der Waals surface area contributed by atoms with Crippen molar-refractivity contribution in [2.24, 2.45) is 5.92 Å². The first kappa shape index (κ1) is 15.3. The molecule has 6 heteroatoms. The van der Waals surface area contributed by atoms with Crippen LogP contribution in [0.25, 0.3) is 0 Å². The molecule has 108 valence electrons. The first-order chi connectivity index (χ1) is 9.58. The highest BCUT2D eigenvalue weighted by molar-refractivity contribution is 9.10. The Bertz CT molecular complexity index is 607. The summed E-state index contributed by atoms with van der Waals surface area (Å²) >= 11 is 5.11. The summed E-state index contributed by atoms with van der Waals surface area (Å²) in [6.45, 7) is 5.55. The van der Waals surface area contributed by atoms with Crippen molar-refractivity contribution in [2.75, 3.05) is 11.9 Å². The van der Waals surface area contributed by atoms with E-state index in [1.165, 1.54) is 9.56 Å². The first-order valence-corrected chi connectivity index (χ1v) is 8.27. The molecule has 0 fully saturated rings. The maximum Gasteiger partial charge on any atom is 0.283 e. The number of nitrogens with zero attached hydrogens (tertiary/aromatic N) is 2. The lowest BCUT2D eigenvalue weighted by molar-refractivity contribution is 0.462. The van der Waals surface area contributed by atoms with Crippen molar-refractivity contribution < 1.29 is 0 Å². The monoisotopic (exact) mass is 355 g/mol. The van der Waals surface area contributed by atoms with Crippen molar-refractivity contribution in [2.45, 2.75) is 26.8 Å². The Balaban J connectivity index is 2.02. The number of thiophene rings is 1. The average molecular weight is 356 g/mol. The molecule has 4 nitrogen and oxygen atoms in total. The van der Waals surface area contributed by atoms with Crippen molar-refractivity contribution in [1.82, 2.24) is 9.78 Å². The highest BCUT2D eigenvalue weighted by atomic mass is 79.9. The van der Waals surface area contributed by atoms with Gasteiger partial charge in [0.05, 0.1) is 11.9 Å². The lowest BCUT2D eigenvalue weighted by Crippen LogP contribution is -2.26. The van der Waals surface area contributed by atoms with Crippen molar-refractivity contribution in [3.8, 4) is 0 Å². The first-order valence-electron chi connectivity index (χ1n) is 6.60. The molecular weight excluding hydrogens is 338 g/mol. The molecule has 2 rings (SSSR count). The summed E-state index contributed by atoms with van der Waals surface area (Å²) in [7, 11) is 0. The molecule has 0 aliphatic rings. The van der Waals surface area contributed by atoms with E-state index in [9.17, 15) is 4.79 Å². The Labute approximate surface area is 131 Å². The second-order valence-electron chi connectivity index (χ2n) is 5.01. The maximum absolute atomic E-state index is 12.1. The van der Waals surface area contributed by atoms with Gasteiger partial charge in [0.1, 0.15) is 4.47 Å². The van der Waals surface area contributed by atoms with E-state index in [2.05, 4.69) is 51.6 Å². The van der Waals surface area contributed by atoms with Crippen LogP contribution in [0.1, 0.15) is 18.7 Å². The van der Waals surface area contributed by atoms with Crippen LogP contribution in [0.3, 0.4) is 0 Å². The minimum atomic E-state index is -0.0835. The average Bonchev–Trinajstić information content (AvgIpc) is 2.90. The van der Waals surface area contributed by atoms with Gasteiger partial charge in [-0.1, -0.05) is 19.9 Å². The third-order valence-corrected chi connectivity index (χ3v) is 4.49. The number of hydrogen-bond donors (Lipinski definition) is 1. The zero-order valence-electron chi connectivity index (χ0n) is 11.6. The van der Waals surface area contributed by atoms with E-state index in [0.717, 1.165) is 18.7 Å². The largest absolute Gasteiger partial charge is 0.382 e. The van der Waals surface area contributed by atoms with E-state index in [0.29, 0.717) is 16.9 Å². The molecule has 0 saturated carbocycles. The van der Waals surface area contributed by atoms with Gasteiger partial charge in [0, 0.05) is 18.0 Å². The predicted molar refractivity (Wildman–Crippen MR) is 87.5 cm³/mol. The number of anilines is 1. The number of hydrogen-bond acceptors (Lipinski definition) is 4. The normalized spacial score (nSPS) is 11.0. The van der Waals surface area contributed by atoms with E-state index >= 15 is 0 Å². The molecule has 2 aromatic rings. The number of rotatable bonds is 6. The van der Waals surface area contributed by atoms with E-state index in [4.69, 9.17) is 0 Å². The predicted octanol–water partition coefficient (Wildman–Crippen LogP) is 3.38. The van der Waals surface area contributed by atoms with Crippen LogP contribution in [-0.4, -0.2) is 16.3 Å². The lowest BCUT2D eigenvalue weighted by Gasteiger charge is -2.11. The molecule has 0 aromatic carbocycles. The second-order valence-corrected chi connectivity index (χ2v) is 6.83. The summed E-state index contributed by atoms with van der Waals surface area (Å²) in [5.74, 6) is 0.393. The van der Waals surface area contributed by atoms with Gasteiger partial charge in [-0.25, -0.2) is 4.68 Å². The molecule has 0 spiro atoms. The van der Waals surface area contributed by atoms with Crippen LogP contribution in [0.4, 0.5) is 5.69 Å². The fraction of sp³-hybridized carbons (Fsp3) is 0.429. The molecule has 0 aliphatic heterocycles. The van der Waals surface area contributed by atoms with Crippen molar-refractivity contribution in [1.29, 1.82) is 0 Å². The third kappa shape index (κ3) is 3.93. The van der Waals surface area contributed by atoms with Gasteiger partial charge in [-0.2, -0.15) is 5.10 Å². The van der Waals surface area contributed by atoms with Gasteiger partial charge in [0.25, 0.3) is 5.56 Å². The van der Waals surface area contributed by atoms with E-state index < -0.39 is 0 Å². The quantitative estimate of drug-likeness (QED) is 0.863. The van der Waals surface area contributed by atoms with Gasteiger partial charge < -0.3 is 5.32 Å². The Morgan fingerprint density at radius 1 is 1.50 bits per heavy atom. The second kappa shape index (κ2) is 7.04. The molecule has 0 amide bonds. The van der Waals surface area contributed by atoms with Crippen LogP contribution in [-0.2, 0) is 13.0 Å². The maximum atomic E-state index is 12.1. The number of halogens is 1. The smallest absolute Gasteiger partial charge is 0.283 e. The zero-order chi connectivity index (χ0) is 14.5. The van der Waals surface area contributed by atoms with Crippen LogP contribution in [0, 0.1) is 5.92 Å². The molecule has 2 heterocycles. The Morgan fingerprint density at radius 2 is 2.30 bits per heavy atom. The number of aromatic nitrogens is 2. The van der Waals surface area contributed by atoms with Gasteiger partial charge in [0.2, 0.25) is 0 Å². The van der Waals surface area contributed by atoms with Crippen LogP contribution in [0.2, 0.25) is 0 Å². The fourth-order valence-corrected chi connectivity index (χ4v) is 3.00. The van der Waals surface area contributed by atoms with Crippen molar-refractivity contribution in [3.05, 3.63) is 43.4 Å². The van der Waals surface area contributed by atoms with Crippen molar-refractivity contribution >= 4 is 33.0 Å². The summed E-state index contributed by atoms with van der Waals surface area (Å²) in [5.41, 5.74) is 0.673.